The Morgan fingerprint density at radius 1 is 0.818 bits per heavy atom. The first kappa shape index (κ1) is 21.3. The summed E-state index contributed by atoms with van der Waals surface area (Å²) in [5.74, 6) is 1.82. The van der Waals surface area contributed by atoms with Crippen molar-refractivity contribution in [2.75, 3.05) is 35.5 Å². The van der Waals surface area contributed by atoms with E-state index in [0.29, 0.717) is 69.4 Å². The molecule has 0 fully saturated rings. The largest absolute Gasteiger partial charge is 0.496 e. The second-order valence-corrected chi connectivity index (χ2v) is 7.90. The first-order valence-electron chi connectivity index (χ1n) is 10.6. The molecule has 0 unspecified atom stereocenters. The van der Waals surface area contributed by atoms with E-state index in [4.69, 9.17) is 33.2 Å². The van der Waals surface area contributed by atoms with Gasteiger partial charge in [-0.2, -0.15) is 0 Å². The number of aryl methyl sites for hydroxylation is 1. The third-order valence-corrected chi connectivity index (χ3v) is 6.37. The first-order chi connectivity index (χ1) is 16.0. The number of para-hydroxylation sites is 1. The highest BCUT2D eigenvalue weighted by atomic mass is 16.7. The maximum atomic E-state index is 11.6. The Morgan fingerprint density at radius 3 is 2.18 bits per heavy atom. The molecular formula is C25H26O8. The summed E-state index contributed by atoms with van der Waals surface area (Å²) >= 11 is 0. The molecule has 1 N–H and O–H groups in total. The van der Waals surface area contributed by atoms with Crippen LogP contribution >= 0.6 is 0 Å². The van der Waals surface area contributed by atoms with Gasteiger partial charge >= 0.3 is 0 Å². The lowest BCUT2D eigenvalue weighted by molar-refractivity contribution is -0.180. The van der Waals surface area contributed by atoms with Crippen molar-refractivity contribution in [2.24, 2.45) is 0 Å². The molecule has 0 radical (unpaired) electrons. The number of rotatable bonds is 5. The van der Waals surface area contributed by atoms with E-state index in [1.165, 1.54) is 14.2 Å². The van der Waals surface area contributed by atoms with Gasteiger partial charge < -0.3 is 38.3 Å². The van der Waals surface area contributed by atoms with E-state index >= 15 is 0 Å². The van der Waals surface area contributed by atoms with Gasteiger partial charge in [-0.25, -0.2) is 0 Å². The van der Waals surface area contributed by atoms with Crippen LogP contribution in [-0.4, -0.2) is 46.4 Å². The van der Waals surface area contributed by atoms with Crippen LogP contribution in [0.15, 0.2) is 30.3 Å². The zero-order valence-electron chi connectivity index (χ0n) is 19.2. The van der Waals surface area contributed by atoms with E-state index in [1.54, 1.807) is 27.4 Å². The average molecular weight is 454 g/mol. The quantitative estimate of drug-likeness (QED) is 0.619. The molecule has 0 aliphatic carbocycles. The van der Waals surface area contributed by atoms with Crippen LogP contribution < -0.4 is 33.2 Å². The zero-order chi connectivity index (χ0) is 23.3. The van der Waals surface area contributed by atoms with Crippen LogP contribution in [0.25, 0.3) is 10.8 Å². The lowest BCUT2D eigenvalue weighted by Crippen LogP contribution is -2.47. The molecular weight excluding hydrogens is 428 g/mol. The van der Waals surface area contributed by atoms with Gasteiger partial charge in [0, 0.05) is 12.5 Å². The van der Waals surface area contributed by atoms with E-state index < -0.39 is 11.9 Å². The number of hydrogen-bond acceptors (Lipinski definition) is 8. The van der Waals surface area contributed by atoms with Crippen LogP contribution in [-0.2, 0) is 6.42 Å². The Balaban J connectivity index is 1.81. The maximum absolute atomic E-state index is 11.6. The number of ether oxygens (including phenoxy) is 7. The minimum atomic E-state index is -1.32. The first-order valence-corrected chi connectivity index (χ1v) is 10.6. The molecule has 0 saturated carbocycles. The van der Waals surface area contributed by atoms with Crippen molar-refractivity contribution < 1.29 is 38.3 Å². The fourth-order valence-corrected chi connectivity index (χ4v) is 4.87. The van der Waals surface area contributed by atoms with Crippen molar-refractivity contribution in [1.29, 1.82) is 0 Å². The van der Waals surface area contributed by atoms with Gasteiger partial charge in [0.15, 0.2) is 29.1 Å². The molecule has 2 aliphatic rings. The van der Waals surface area contributed by atoms with Gasteiger partial charge in [0.1, 0.15) is 17.2 Å². The van der Waals surface area contributed by atoms with E-state index in [0.717, 1.165) is 5.56 Å². The second kappa shape index (κ2) is 7.81. The third-order valence-electron chi connectivity index (χ3n) is 6.37. The molecule has 174 valence electrons. The summed E-state index contributed by atoms with van der Waals surface area (Å²) in [5, 5.41) is 12.7. The van der Waals surface area contributed by atoms with Crippen molar-refractivity contribution in [3.8, 4) is 40.2 Å². The fourth-order valence-electron chi connectivity index (χ4n) is 4.87. The van der Waals surface area contributed by atoms with Crippen molar-refractivity contribution in [2.45, 2.75) is 24.7 Å². The topological polar surface area (TPSA) is 84.8 Å². The number of aliphatic hydroxyl groups is 1. The third kappa shape index (κ3) is 2.87. The van der Waals surface area contributed by atoms with E-state index in [-0.39, 0.29) is 0 Å². The predicted octanol–water partition coefficient (Wildman–Crippen LogP) is 4.03. The Morgan fingerprint density at radius 2 is 1.52 bits per heavy atom. The molecule has 0 aromatic heterocycles. The van der Waals surface area contributed by atoms with Crippen molar-refractivity contribution >= 4 is 10.8 Å². The van der Waals surface area contributed by atoms with Crippen molar-refractivity contribution in [3.63, 3.8) is 0 Å². The predicted molar refractivity (Wildman–Crippen MR) is 120 cm³/mol. The van der Waals surface area contributed by atoms with Gasteiger partial charge in [0.2, 0.25) is 0 Å². The molecule has 2 atom stereocenters. The van der Waals surface area contributed by atoms with Gasteiger partial charge in [-0.05, 0) is 18.1 Å². The van der Waals surface area contributed by atoms with Gasteiger partial charge in [-0.3, -0.25) is 0 Å². The summed E-state index contributed by atoms with van der Waals surface area (Å²) in [7, 11) is 7.70. The van der Waals surface area contributed by atoms with Crippen molar-refractivity contribution in [3.05, 3.63) is 41.5 Å². The van der Waals surface area contributed by atoms with Gasteiger partial charge in [-0.15, -0.1) is 0 Å². The molecule has 5 rings (SSSR count). The lowest BCUT2D eigenvalue weighted by atomic mass is 9.91. The molecule has 2 heterocycles. The standard InChI is InChI=1S/C25H26O8/c1-27-15-12-16(28-2)20(29-3)18-17(15)21(30-4)19-23(22(18)31-5)33-25(24(19)26)11-10-13-8-6-7-9-14(13)32-25/h6-9,12,24,26H,10-11H2,1-5H3/t24-,25-/m1/s1. The molecule has 0 bridgehead atoms. The molecule has 8 heteroatoms. The Labute approximate surface area is 191 Å². The fraction of sp³-hybridized carbons (Fsp3) is 0.360. The summed E-state index contributed by atoms with van der Waals surface area (Å²) in [5.41, 5.74) is 1.50. The number of aliphatic hydroxyl groups excluding tert-OH is 1. The summed E-state index contributed by atoms with van der Waals surface area (Å²) < 4.78 is 41.2. The summed E-state index contributed by atoms with van der Waals surface area (Å²) in [6.45, 7) is 0. The molecule has 3 aromatic rings. The average Bonchev–Trinajstić information content (AvgIpc) is 3.12. The van der Waals surface area contributed by atoms with Crippen LogP contribution in [0.4, 0.5) is 0 Å². The highest BCUT2D eigenvalue weighted by Crippen LogP contribution is 2.62. The molecule has 3 aromatic carbocycles. The van der Waals surface area contributed by atoms with Gasteiger partial charge in [-0.1, -0.05) is 18.2 Å². The summed E-state index contributed by atoms with van der Waals surface area (Å²) in [6, 6.07) is 9.45. The summed E-state index contributed by atoms with van der Waals surface area (Å²) in [6.07, 6.45) is -0.00160. The minimum Gasteiger partial charge on any atom is -0.496 e. The lowest BCUT2D eigenvalue weighted by Gasteiger charge is -2.36. The van der Waals surface area contributed by atoms with Crippen molar-refractivity contribution in [1.82, 2.24) is 0 Å². The normalized spacial score (nSPS) is 20.5. The molecule has 1 spiro atoms. The van der Waals surface area contributed by atoms with E-state index in [1.807, 2.05) is 24.3 Å². The minimum absolute atomic E-state index is 0.335. The van der Waals surface area contributed by atoms with Crippen LogP contribution in [0.3, 0.4) is 0 Å². The zero-order valence-corrected chi connectivity index (χ0v) is 19.2. The highest BCUT2D eigenvalue weighted by molar-refractivity contribution is 6.07. The molecule has 8 nitrogen and oxygen atoms in total. The Kier molecular flexibility index (Phi) is 5.05. The number of benzene rings is 3. The van der Waals surface area contributed by atoms with Gasteiger partial charge in [0.25, 0.3) is 5.79 Å². The SMILES string of the molecule is COc1cc(OC)c2c(OC)c3c(c(OC)c2c1OC)O[C@]1(CCc2ccccc2O1)[C@@H]3O. The van der Waals surface area contributed by atoms with Crippen LogP contribution in [0.1, 0.15) is 23.7 Å². The Bertz CT molecular complexity index is 1240. The molecule has 2 aliphatic heterocycles. The van der Waals surface area contributed by atoms with E-state index in [9.17, 15) is 5.11 Å². The van der Waals surface area contributed by atoms with Crippen LogP contribution in [0.5, 0.6) is 40.2 Å². The Hall–Kier alpha value is -3.52. The number of methoxy groups -OCH3 is 5. The molecule has 0 amide bonds. The smallest absolute Gasteiger partial charge is 0.282 e. The highest BCUT2D eigenvalue weighted by Gasteiger charge is 2.55. The number of fused-ring (bicyclic) bond motifs is 3. The van der Waals surface area contributed by atoms with Crippen LogP contribution in [0, 0.1) is 0 Å². The summed E-state index contributed by atoms with van der Waals surface area (Å²) in [4.78, 5) is 0. The van der Waals surface area contributed by atoms with E-state index in [2.05, 4.69) is 0 Å². The van der Waals surface area contributed by atoms with Gasteiger partial charge in [0.05, 0.1) is 51.9 Å². The second-order valence-electron chi connectivity index (χ2n) is 7.90. The van der Waals surface area contributed by atoms with Crippen LogP contribution in [0.2, 0.25) is 0 Å². The molecule has 0 saturated heterocycles. The number of hydrogen-bond donors (Lipinski definition) is 1. The monoisotopic (exact) mass is 454 g/mol. The molecule has 33 heavy (non-hydrogen) atoms. The maximum Gasteiger partial charge on any atom is 0.282 e.